The Kier molecular flexibility index (Phi) is 8.34. The second-order valence-electron chi connectivity index (χ2n) is 8.31. The van der Waals surface area contributed by atoms with Crippen molar-refractivity contribution in [3.05, 3.63) is 53.6 Å². The predicted octanol–water partition coefficient (Wildman–Crippen LogP) is 3.21. The van der Waals surface area contributed by atoms with E-state index in [4.69, 9.17) is 14.2 Å². The molecular formula is C24H32N2O6S. The van der Waals surface area contributed by atoms with Crippen molar-refractivity contribution in [2.45, 2.75) is 50.3 Å². The molecule has 0 spiro atoms. The number of carbonyl (C=O) groups is 1. The van der Waals surface area contributed by atoms with Gasteiger partial charge >= 0.3 is 0 Å². The highest BCUT2D eigenvalue weighted by atomic mass is 32.2. The van der Waals surface area contributed by atoms with E-state index in [-0.39, 0.29) is 34.3 Å². The van der Waals surface area contributed by atoms with E-state index in [1.54, 1.807) is 31.9 Å². The van der Waals surface area contributed by atoms with Crippen LogP contribution < -0.4 is 14.2 Å². The standard InChI is InChI=1S/C24H32N2O6S/c1-17(2)25-33(28,29)23-14-19(10-11-22(23)31-4)24(27)26(16-21-9-6-12-32-21)15-18-7-5-8-20(13-18)30-3/h5,7-8,10-11,13-14,17,21,25H,6,9,12,15-16H2,1-4H3. The summed E-state index contributed by atoms with van der Waals surface area (Å²) in [7, 11) is -0.865. The highest BCUT2D eigenvalue weighted by molar-refractivity contribution is 7.89. The molecule has 0 aromatic heterocycles. The number of nitrogens with zero attached hydrogens (tertiary/aromatic N) is 1. The Balaban J connectivity index is 1.94. The SMILES string of the molecule is COc1cccc(CN(CC2CCCO2)C(=O)c2ccc(OC)c(S(=O)(=O)NC(C)C)c2)c1. The van der Waals surface area contributed by atoms with E-state index in [1.165, 1.54) is 19.2 Å². The molecule has 0 radical (unpaired) electrons. The van der Waals surface area contributed by atoms with Gasteiger partial charge in [-0.05, 0) is 62.6 Å². The summed E-state index contributed by atoms with van der Waals surface area (Å²) in [5.41, 5.74) is 1.17. The normalized spacial score (nSPS) is 16.1. The Labute approximate surface area is 195 Å². The molecule has 2 aromatic rings. The molecule has 180 valence electrons. The summed E-state index contributed by atoms with van der Waals surface area (Å²) in [6.07, 6.45) is 1.78. The number of amides is 1. The van der Waals surface area contributed by atoms with Crippen LogP contribution in [0.15, 0.2) is 47.4 Å². The molecular weight excluding hydrogens is 444 g/mol. The molecule has 1 unspecified atom stereocenters. The van der Waals surface area contributed by atoms with Crippen molar-refractivity contribution in [3.8, 4) is 11.5 Å². The van der Waals surface area contributed by atoms with E-state index in [2.05, 4.69) is 4.72 Å². The molecule has 0 saturated carbocycles. The quantitative estimate of drug-likeness (QED) is 0.566. The monoisotopic (exact) mass is 476 g/mol. The molecule has 2 aromatic carbocycles. The van der Waals surface area contributed by atoms with Crippen LogP contribution in [0.1, 0.15) is 42.6 Å². The van der Waals surface area contributed by atoms with Crippen molar-refractivity contribution < 1.29 is 27.4 Å². The first-order valence-corrected chi connectivity index (χ1v) is 12.5. The van der Waals surface area contributed by atoms with E-state index in [0.717, 1.165) is 18.4 Å². The number of rotatable bonds is 10. The Morgan fingerprint density at radius 1 is 1.18 bits per heavy atom. The number of hydrogen-bond donors (Lipinski definition) is 1. The summed E-state index contributed by atoms with van der Waals surface area (Å²) in [4.78, 5) is 15.2. The van der Waals surface area contributed by atoms with Crippen LogP contribution >= 0.6 is 0 Å². The van der Waals surface area contributed by atoms with Crippen molar-refractivity contribution in [2.75, 3.05) is 27.4 Å². The zero-order valence-corrected chi connectivity index (χ0v) is 20.4. The number of nitrogens with one attached hydrogen (secondary N) is 1. The van der Waals surface area contributed by atoms with Crippen molar-refractivity contribution in [1.29, 1.82) is 0 Å². The highest BCUT2D eigenvalue weighted by Gasteiger charge is 2.27. The number of hydrogen-bond acceptors (Lipinski definition) is 6. The molecule has 1 heterocycles. The topological polar surface area (TPSA) is 94.2 Å². The molecule has 1 fully saturated rings. The third kappa shape index (κ3) is 6.46. The van der Waals surface area contributed by atoms with Gasteiger partial charge in [0.15, 0.2) is 0 Å². The molecule has 1 saturated heterocycles. The van der Waals surface area contributed by atoms with Crippen molar-refractivity contribution in [1.82, 2.24) is 9.62 Å². The summed E-state index contributed by atoms with van der Waals surface area (Å²) >= 11 is 0. The third-order valence-corrected chi connectivity index (χ3v) is 7.01. The Morgan fingerprint density at radius 3 is 2.61 bits per heavy atom. The van der Waals surface area contributed by atoms with Crippen LogP contribution in [0.2, 0.25) is 0 Å². The zero-order valence-electron chi connectivity index (χ0n) is 19.5. The van der Waals surface area contributed by atoms with E-state index in [9.17, 15) is 13.2 Å². The fourth-order valence-corrected chi connectivity index (χ4v) is 5.27. The van der Waals surface area contributed by atoms with Crippen molar-refractivity contribution in [3.63, 3.8) is 0 Å². The molecule has 1 aliphatic rings. The van der Waals surface area contributed by atoms with Crippen LogP contribution in [-0.2, 0) is 21.3 Å². The molecule has 33 heavy (non-hydrogen) atoms. The maximum Gasteiger partial charge on any atom is 0.254 e. The Bertz CT molecular complexity index is 1060. The number of carbonyl (C=O) groups excluding carboxylic acids is 1. The lowest BCUT2D eigenvalue weighted by Gasteiger charge is -2.26. The minimum atomic E-state index is -3.86. The van der Waals surface area contributed by atoms with Gasteiger partial charge in [-0.25, -0.2) is 13.1 Å². The molecule has 1 amide bonds. The minimum Gasteiger partial charge on any atom is -0.497 e. The van der Waals surface area contributed by atoms with Gasteiger partial charge in [-0.2, -0.15) is 0 Å². The third-order valence-electron chi connectivity index (χ3n) is 5.33. The van der Waals surface area contributed by atoms with Crippen molar-refractivity contribution in [2.24, 2.45) is 0 Å². The summed E-state index contributed by atoms with van der Waals surface area (Å²) in [6, 6.07) is 11.7. The lowest BCUT2D eigenvalue weighted by atomic mass is 10.1. The predicted molar refractivity (Wildman–Crippen MR) is 125 cm³/mol. The zero-order chi connectivity index (χ0) is 24.0. The van der Waals surface area contributed by atoms with E-state index >= 15 is 0 Å². The van der Waals surface area contributed by atoms with Gasteiger partial charge in [0.05, 0.1) is 20.3 Å². The van der Waals surface area contributed by atoms with Gasteiger partial charge in [-0.15, -0.1) is 0 Å². The van der Waals surface area contributed by atoms with Gasteiger partial charge in [0.25, 0.3) is 5.91 Å². The molecule has 1 N–H and O–H groups in total. The fourth-order valence-electron chi connectivity index (χ4n) is 3.82. The second-order valence-corrected chi connectivity index (χ2v) is 10.00. The summed E-state index contributed by atoms with van der Waals surface area (Å²) in [6.45, 7) is 4.90. The number of benzene rings is 2. The molecule has 1 atom stereocenters. The van der Waals surface area contributed by atoms with E-state index in [0.29, 0.717) is 25.4 Å². The van der Waals surface area contributed by atoms with Gasteiger partial charge in [0, 0.05) is 31.3 Å². The van der Waals surface area contributed by atoms with Gasteiger partial charge in [0.2, 0.25) is 10.0 Å². The maximum absolute atomic E-state index is 13.6. The first-order valence-electron chi connectivity index (χ1n) is 11.0. The number of sulfonamides is 1. The smallest absolute Gasteiger partial charge is 0.254 e. The van der Waals surface area contributed by atoms with Crippen LogP contribution in [0.4, 0.5) is 0 Å². The average molecular weight is 477 g/mol. The lowest BCUT2D eigenvalue weighted by Crippen LogP contribution is -2.37. The molecule has 9 heteroatoms. The molecule has 0 aliphatic carbocycles. The van der Waals surface area contributed by atoms with Crippen LogP contribution in [0, 0.1) is 0 Å². The van der Waals surface area contributed by atoms with Gasteiger partial charge in [-0.3, -0.25) is 4.79 Å². The van der Waals surface area contributed by atoms with Crippen molar-refractivity contribution >= 4 is 15.9 Å². The number of methoxy groups -OCH3 is 2. The summed E-state index contributed by atoms with van der Waals surface area (Å²) in [5, 5.41) is 0. The molecule has 0 bridgehead atoms. The van der Waals surface area contributed by atoms with E-state index < -0.39 is 10.0 Å². The Hall–Kier alpha value is -2.62. The van der Waals surface area contributed by atoms with Gasteiger partial charge in [0.1, 0.15) is 16.4 Å². The summed E-state index contributed by atoms with van der Waals surface area (Å²) in [5.74, 6) is 0.602. The minimum absolute atomic E-state index is 0.0522. The molecule has 8 nitrogen and oxygen atoms in total. The maximum atomic E-state index is 13.6. The second kappa shape index (κ2) is 11.0. The van der Waals surface area contributed by atoms with Gasteiger partial charge in [-0.1, -0.05) is 12.1 Å². The lowest BCUT2D eigenvalue weighted by molar-refractivity contribution is 0.0507. The van der Waals surface area contributed by atoms with Crippen LogP contribution in [0.5, 0.6) is 11.5 Å². The average Bonchev–Trinajstić information content (AvgIpc) is 3.30. The van der Waals surface area contributed by atoms with E-state index in [1.807, 2.05) is 24.3 Å². The van der Waals surface area contributed by atoms with Crippen LogP contribution in [0.3, 0.4) is 0 Å². The number of ether oxygens (including phenoxy) is 3. The van der Waals surface area contributed by atoms with Gasteiger partial charge < -0.3 is 19.1 Å². The van der Waals surface area contributed by atoms with Crippen LogP contribution in [0.25, 0.3) is 0 Å². The molecule has 3 rings (SSSR count). The Morgan fingerprint density at radius 2 is 1.97 bits per heavy atom. The fraction of sp³-hybridized carbons (Fsp3) is 0.458. The summed E-state index contributed by atoms with van der Waals surface area (Å²) < 4.78 is 44.6. The highest BCUT2D eigenvalue weighted by Crippen LogP contribution is 2.27. The first-order chi connectivity index (χ1) is 15.7. The largest absolute Gasteiger partial charge is 0.497 e. The molecule has 1 aliphatic heterocycles. The first kappa shape index (κ1) is 25.0. The van der Waals surface area contributed by atoms with Crippen LogP contribution in [-0.4, -0.2) is 58.7 Å².